The van der Waals surface area contributed by atoms with Crippen molar-refractivity contribution in [1.82, 2.24) is 9.71 Å². The minimum atomic E-state index is 0.626. The third-order valence-corrected chi connectivity index (χ3v) is 6.05. The molecule has 1 aromatic carbocycles. The zero-order chi connectivity index (χ0) is 13.2. The fourth-order valence-electron chi connectivity index (χ4n) is 2.72. The summed E-state index contributed by atoms with van der Waals surface area (Å²) in [6.45, 7) is 4.73. The molecule has 1 N–H and O–H groups in total. The van der Waals surface area contributed by atoms with Crippen LogP contribution in [0.1, 0.15) is 33.1 Å². The lowest BCUT2D eigenvalue weighted by Gasteiger charge is -2.32. The maximum atomic E-state index is 4.66. The quantitative estimate of drug-likeness (QED) is 0.829. The Morgan fingerprint density at radius 2 is 2.11 bits per heavy atom. The van der Waals surface area contributed by atoms with Crippen LogP contribution in [-0.2, 0) is 0 Å². The highest BCUT2D eigenvalue weighted by atomic mass is 32.2. The summed E-state index contributed by atoms with van der Waals surface area (Å²) in [5.74, 6) is 1.63. The van der Waals surface area contributed by atoms with E-state index in [9.17, 15) is 0 Å². The van der Waals surface area contributed by atoms with Gasteiger partial charge in [0.25, 0.3) is 0 Å². The van der Waals surface area contributed by atoms with E-state index in [1.165, 1.54) is 24.0 Å². The first-order valence-corrected chi connectivity index (χ1v) is 8.63. The molecule has 1 fully saturated rings. The molecule has 1 heterocycles. The predicted octanol–water partition coefficient (Wildman–Crippen LogP) is 4.72. The average molecular weight is 292 g/mol. The van der Waals surface area contributed by atoms with Crippen molar-refractivity contribution in [3.05, 3.63) is 24.3 Å². The molecule has 19 heavy (non-hydrogen) atoms. The van der Waals surface area contributed by atoms with Crippen LogP contribution in [0.15, 0.2) is 28.6 Å². The summed E-state index contributed by atoms with van der Waals surface area (Å²) < 4.78 is 6.05. The average Bonchev–Trinajstić information content (AvgIpc) is 2.82. The molecule has 0 radical (unpaired) electrons. The largest absolute Gasteiger partial charge is 0.255 e. The molecule has 102 valence electrons. The Bertz CT molecular complexity index is 519. The predicted molar refractivity (Wildman–Crippen MR) is 84.6 cm³/mol. The number of fused-ring (bicyclic) bond motifs is 1. The van der Waals surface area contributed by atoms with Crippen LogP contribution in [0.2, 0.25) is 0 Å². The van der Waals surface area contributed by atoms with Crippen LogP contribution in [0.5, 0.6) is 0 Å². The van der Waals surface area contributed by atoms with E-state index < -0.39 is 0 Å². The maximum absolute atomic E-state index is 4.66. The SMILES string of the molecule is CC1CCC(C)C(NSc2nc3ccccc3s2)C1. The summed E-state index contributed by atoms with van der Waals surface area (Å²) in [4.78, 5) is 4.66. The fourth-order valence-corrected chi connectivity index (χ4v) is 4.72. The van der Waals surface area contributed by atoms with Crippen molar-refractivity contribution in [2.24, 2.45) is 11.8 Å². The zero-order valence-corrected chi connectivity index (χ0v) is 13.1. The fraction of sp³-hybridized carbons (Fsp3) is 0.533. The topological polar surface area (TPSA) is 24.9 Å². The molecular formula is C15H20N2S2. The molecule has 2 nitrogen and oxygen atoms in total. The number of hydrogen-bond donors (Lipinski definition) is 1. The van der Waals surface area contributed by atoms with Gasteiger partial charge in [-0.05, 0) is 48.8 Å². The number of aromatic nitrogens is 1. The highest BCUT2D eigenvalue weighted by molar-refractivity contribution is 7.99. The van der Waals surface area contributed by atoms with Gasteiger partial charge < -0.3 is 0 Å². The van der Waals surface area contributed by atoms with E-state index >= 15 is 0 Å². The van der Waals surface area contributed by atoms with Crippen molar-refractivity contribution in [2.45, 2.75) is 43.5 Å². The number of benzene rings is 1. The lowest BCUT2D eigenvalue weighted by atomic mass is 9.81. The molecule has 4 heteroatoms. The van der Waals surface area contributed by atoms with Crippen molar-refractivity contribution in [3.63, 3.8) is 0 Å². The van der Waals surface area contributed by atoms with E-state index in [4.69, 9.17) is 0 Å². The zero-order valence-electron chi connectivity index (χ0n) is 11.4. The molecule has 0 bridgehead atoms. The molecule has 0 amide bonds. The third-order valence-electron chi connectivity index (χ3n) is 4.03. The summed E-state index contributed by atoms with van der Waals surface area (Å²) in [5, 5.41) is 0. The number of para-hydroxylation sites is 1. The molecular weight excluding hydrogens is 272 g/mol. The Balaban J connectivity index is 1.65. The van der Waals surface area contributed by atoms with Gasteiger partial charge in [-0.2, -0.15) is 0 Å². The summed E-state index contributed by atoms with van der Waals surface area (Å²) in [5.41, 5.74) is 1.11. The summed E-state index contributed by atoms with van der Waals surface area (Å²) in [6.07, 6.45) is 4.02. The van der Waals surface area contributed by atoms with E-state index in [2.05, 4.69) is 47.8 Å². The van der Waals surface area contributed by atoms with Crippen LogP contribution in [-0.4, -0.2) is 11.0 Å². The second-order valence-electron chi connectivity index (χ2n) is 5.67. The summed E-state index contributed by atoms with van der Waals surface area (Å²) >= 11 is 3.49. The minimum Gasteiger partial charge on any atom is -0.255 e. The van der Waals surface area contributed by atoms with Crippen molar-refractivity contribution in [1.29, 1.82) is 0 Å². The number of rotatable bonds is 3. The molecule has 1 aromatic heterocycles. The van der Waals surface area contributed by atoms with E-state index in [0.717, 1.165) is 21.7 Å². The summed E-state index contributed by atoms with van der Waals surface area (Å²) in [7, 11) is 0. The van der Waals surface area contributed by atoms with E-state index in [-0.39, 0.29) is 0 Å². The molecule has 1 saturated carbocycles. The van der Waals surface area contributed by atoms with Crippen LogP contribution in [0.3, 0.4) is 0 Å². The number of nitrogens with zero attached hydrogens (tertiary/aromatic N) is 1. The van der Waals surface area contributed by atoms with Gasteiger partial charge in [0.15, 0.2) is 4.34 Å². The smallest absolute Gasteiger partial charge is 0.166 e. The number of hydrogen-bond acceptors (Lipinski definition) is 4. The van der Waals surface area contributed by atoms with Crippen molar-refractivity contribution in [3.8, 4) is 0 Å². The first-order valence-electron chi connectivity index (χ1n) is 7.00. The lowest BCUT2D eigenvalue weighted by molar-refractivity contribution is 0.255. The van der Waals surface area contributed by atoms with Gasteiger partial charge in [0.2, 0.25) is 0 Å². The molecule has 0 aliphatic heterocycles. The standard InChI is InChI=1S/C15H20N2S2/c1-10-7-8-11(2)13(9-10)17-19-15-16-12-5-3-4-6-14(12)18-15/h3-6,10-11,13,17H,7-9H2,1-2H3. The Morgan fingerprint density at radius 3 is 2.95 bits per heavy atom. The van der Waals surface area contributed by atoms with Gasteiger partial charge >= 0.3 is 0 Å². The van der Waals surface area contributed by atoms with Crippen LogP contribution in [0, 0.1) is 11.8 Å². The normalized spacial score (nSPS) is 27.8. The Labute approximate surface area is 123 Å². The monoisotopic (exact) mass is 292 g/mol. The molecule has 2 aromatic rings. The minimum absolute atomic E-state index is 0.626. The second-order valence-corrected chi connectivity index (χ2v) is 7.79. The molecule has 3 unspecified atom stereocenters. The molecule has 3 atom stereocenters. The molecule has 0 spiro atoms. The van der Waals surface area contributed by atoms with Gasteiger partial charge in [0.1, 0.15) is 0 Å². The first kappa shape index (κ1) is 13.4. The van der Waals surface area contributed by atoms with Gasteiger partial charge in [-0.15, -0.1) is 11.3 Å². The van der Waals surface area contributed by atoms with Crippen molar-refractivity contribution >= 4 is 33.5 Å². The highest BCUT2D eigenvalue weighted by Gasteiger charge is 2.25. The van der Waals surface area contributed by atoms with E-state index in [1.54, 1.807) is 23.3 Å². The van der Waals surface area contributed by atoms with Gasteiger partial charge in [-0.25, -0.2) is 4.98 Å². The summed E-state index contributed by atoms with van der Waals surface area (Å²) in [6, 6.07) is 8.98. The maximum Gasteiger partial charge on any atom is 0.166 e. The molecule has 1 aliphatic carbocycles. The molecule has 0 saturated heterocycles. The Hall–Kier alpha value is -0.580. The van der Waals surface area contributed by atoms with Gasteiger partial charge in [0, 0.05) is 6.04 Å². The second kappa shape index (κ2) is 5.81. The van der Waals surface area contributed by atoms with Crippen LogP contribution < -0.4 is 4.72 Å². The van der Waals surface area contributed by atoms with Gasteiger partial charge in [0.05, 0.1) is 10.2 Å². The number of thiazole rings is 1. The Kier molecular flexibility index (Phi) is 4.10. The van der Waals surface area contributed by atoms with Gasteiger partial charge in [-0.1, -0.05) is 32.4 Å². The highest BCUT2D eigenvalue weighted by Crippen LogP contribution is 2.32. The van der Waals surface area contributed by atoms with E-state index in [1.807, 2.05) is 0 Å². The van der Waals surface area contributed by atoms with Crippen LogP contribution in [0.4, 0.5) is 0 Å². The molecule has 3 rings (SSSR count). The van der Waals surface area contributed by atoms with Gasteiger partial charge in [-0.3, -0.25) is 4.72 Å². The lowest BCUT2D eigenvalue weighted by Crippen LogP contribution is -2.35. The number of nitrogens with one attached hydrogen (secondary N) is 1. The van der Waals surface area contributed by atoms with E-state index in [0.29, 0.717) is 6.04 Å². The first-order chi connectivity index (χ1) is 9.22. The van der Waals surface area contributed by atoms with Crippen LogP contribution >= 0.6 is 23.3 Å². The Morgan fingerprint density at radius 1 is 1.26 bits per heavy atom. The molecule has 1 aliphatic rings. The van der Waals surface area contributed by atoms with Crippen LogP contribution in [0.25, 0.3) is 10.2 Å². The van der Waals surface area contributed by atoms with Crippen molar-refractivity contribution in [2.75, 3.05) is 0 Å². The third kappa shape index (κ3) is 3.12. The van der Waals surface area contributed by atoms with Crippen molar-refractivity contribution < 1.29 is 0 Å².